The third kappa shape index (κ3) is 2.65. The maximum atomic E-state index is 12.7. The Morgan fingerprint density at radius 3 is 2.86 bits per heavy atom. The van der Waals surface area contributed by atoms with Gasteiger partial charge in [-0.2, -0.15) is 0 Å². The molecular weight excluding hydrogens is 185 g/mol. The predicted molar refractivity (Wildman–Crippen MR) is 51.7 cm³/mol. The lowest BCUT2D eigenvalue weighted by Crippen LogP contribution is -1.96. The molecule has 0 saturated carbocycles. The van der Waals surface area contributed by atoms with Crippen molar-refractivity contribution in [3.05, 3.63) is 51.5 Å². The van der Waals surface area contributed by atoms with Crippen molar-refractivity contribution in [2.24, 2.45) is 0 Å². The van der Waals surface area contributed by atoms with Gasteiger partial charge in [-0.1, -0.05) is 19.1 Å². The Bertz CT molecular complexity index is 374. The van der Waals surface area contributed by atoms with Gasteiger partial charge in [0.15, 0.2) is 0 Å². The fraction of sp³-hybridized carbons (Fsp3) is 0.200. The van der Waals surface area contributed by atoms with Crippen LogP contribution in [0.2, 0.25) is 0 Å². The minimum absolute atomic E-state index is 0.0793. The van der Waals surface area contributed by atoms with Gasteiger partial charge >= 0.3 is 0 Å². The minimum Gasteiger partial charge on any atom is -0.259 e. The number of rotatable bonds is 3. The fourth-order valence-corrected chi connectivity index (χ4v) is 1.07. The molecule has 1 aromatic rings. The summed E-state index contributed by atoms with van der Waals surface area (Å²) in [4.78, 5) is 10.0. The first-order chi connectivity index (χ1) is 6.63. The highest BCUT2D eigenvalue weighted by Gasteiger charge is 2.06. The largest absolute Gasteiger partial charge is 0.259 e. The smallest absolute Gasteiger partial charge is 0.246 e. The Labute approximate surface area is 81.0 Å². The van der Waals surface area contributed by atoms with Gasteiger partial charge in [0, 0.05) is 12.5 Å². The molecule has 0 fully saturated rings. The van der Waals surface area contributed by atoms with Crippen LogP contribution in [0.3, 0.4) is 0 Å². The molecule has 14 heavy (non-hydrogen) atoms. The van der Waals surface area contributed by atoms with Crippen molar-refractivity contribution >= 4 is 6.08 Å². The molecule has 0 aliphatic rings. The average Bonchev–Trinajstić information content (AvgIpc) is 2.14. The molecule has 0 heterocycles. The summed E-state index contributed by atoms with van der Waals surface area (Å²) >= 11 is 0. The Kier molecular flexibility index (Phi) is 3.34. The first kappa shape index (κ1) is 10.4. The van der Waals surface area contributed by atoms with Crippen LogP contribution in [0.1, 0.15) is 18.9 Å². The second-order valence-electron chi connectivity index (χ2n) is 2.80. The second kappa shape index (κ2) is 4.50. The summed E-state index contributed by atoms with van der Waals surface area (Å²) in [5, 5.41) is 10.5. The van der Waals surface area contributed by atoms with E-state index in [4.69, 9.17) is 0 Å². The third-order valence-corrected chi connectivity index (χ3v) is 1.78. The molecule has 0 aromatic heterocycles. The fourth-order valence-electron chi connectivity index (χ4n) is 1.07. The SMILES string of the molecule is CCC(=Cc1cccc(F)c1)[N+](=O)[O-]. The Balaban J connectivity index is 3.00. The van der Waals surface area contributed by atoms with Crippen LogP contribution in [-0.2, 0) is 0 Å². The monoisotopic (exact) mass is 195 g/mol. The Morgan fingerprint density at radius 1 is 1.64 bits per heavy atom. The number of nitro groups is 1. The number of hydrogen-bond donors (Lipinski definition) is 0. The molecule has 0 unspecified atom stereocenters. The number of hydrogen-bond acceptors (Lipinski definition) is 2. The van der Waals surface area contributed by atoms with E-state index >= 15 is 0 Å². The zero-order valence-electron chi connectivity index (χ0n) is 7.74. The van der Waals surface area contributed by atoms with Crippen molar-refractivity contribution in [1.82, 2.24) is 0 Å². The highest BCUT2D eigenvalue weighted by molar-refractivity contribution is 5.50. The van der Waals surface area contributed by atoms with Crippen LogP contribution in [0.4, 0.5) is 4.39 Å². The lowest BCUT2D eigenvalue weighted by atomic mass is 10.2. The average molecular weight is 195 g/mol. The van der Waals surface area contributed by atoms with E-state index in [1.54, 1.807) is 13.0 Å². The molecule has 0 aliphatic heterocycles. The molecule has 1 aromatic carbocycles. The van der Waals surface area contributed by atoms with Crippen LogP contribution in [-0.4, -0.2) is 4.92 Å². The van der Waals surface area contributed by atoms with Gasteiger partial charge in [0.2, 0.25) is 5.70 Å². The molecule has 0 amide bonds. The summed E-state index contributed by atoms with van der Waals surface area (Å²) in [7, 11) is 0. The molecular formula is C10H10FNO2. The van der Waals surface area contributed by atoms with Gasteiger partial charge in [-0.25, -0.2) is 4.39 Å². The normalized spacial score (nSPS) is 11.4. The first-order valence-corrected chi connectivity index (χ1v) is 4.24. The highest BCUT2D eigenvalue weighted by atomic mass is 19.1. The van der Waals surface area contributed by atoms with E-state index in [1.165, 1.54) is 24.3 Å². The van der Waals surface area contributed by atoms with E-state index in [2.05, 4.69) is 0 Å². The zero-order valence-corrected chi connectivity index (χ0v) is 7.74. The van der Waals surface area contributed by atoms with Crippen LogP contribution in [0.5, 0.6) is 0 Å². The second-order valence-corrected chi connectivity index (χ2v) is 2.80. The summed E-state index contributed by atoms with van der Waals surface area (Å²) in [5.74, 6) is -0.391. The van der Waals surface area contributed by atoms with Gasteiger partial charge < -0.3 is 0 Å². The number of halogens is 1. The van der Waals surface area contributed by atoms with E-state index in [9.17, 15) is 14.5 Å². The van der Waals surface area contributed by atoms with E-state index < -0.39 is 10.7 Å². The van der Waals surface area contributed by atoms with Crippen LogP contribution in [0.25, 0.3) is 6.08 Å². The van der Waals surface area contributed by atoms with Gasteiger partial charge in [0.1, 0.15) is 5.82 Å². The van der Waals surface area contributed by atoms with Crippen LogP contribution < -0.4 is 0 Å². The number of allylic oxidation sites excluding steroid dienone is 1. The minimum atomic E-state index is -0.453. The van der Waals surface area contributed by atoms with E-state index in [-0.39, 0.29) is 5.70 Å². The van der Waals surface area contributed by atoms with Gasteiger partial charge in [-0.05, 0) is 17.7 Å². The molecule has 74 valence electrons. The zero-order chi connectivity index (χ0) is 10.6. The lowest BCUT2D eigenvalue weighted by Gasteiger charge is -1.95. The van der Waals surface area contributed by atoms with E-state index in [0.717, 1.165) is 0 Å². The van der Waals surface area contributed by atoms with Crippen molar-refractivity contribution in [1.29, 1.82) is 0 Å². The summed E-state index contributed by atoms with van der Waals surface area (Å²) in [6.07, 6.45) is 1.70. The highest BCUT2D eigenvalue weighted by Crippen LogP contribution is 2.11. The Hall–Kier alpha value is -1.71. The molecule has 0 bridgehead atoms. The molecule has 4 heteroatoms. The van der Waals surface area contributed by atoms with Crippen LogP contribution >= 0.6 is 0 Å². The molecule has 0 saturated heterocycles. The number of nitrogens with zero attached hydrogens (tertiary/aromatic N) is 1. The third-order valence-electron chi connectivity index (χ3n) is 1.78. The molecule has 0 spiro atoms. The first-order valence-electron chi connectivity index (χ1n) is 4.24. The molecule has 1 rings (SSSR count). The predicted octanol–water partition coefficient (Wildman–Crippen LogP) is 2.85. The maximum absolute atomic E-state index is 12.7. The van der Waals surface area contributed by atoms with Crippen molar-refractivity contribution in [3.63, 3.8) is 0 Å². The van der Waals surface area contributed by atoms with Crippen molar-refractivity contribution in [2.75, 3.05) is 0 Å². The van der Waals surface area contributed by atoms with Gasteiger partial charge in [-0.3, -0.25) is 10.1 Å². The summed E-state index contributed by atoms with van der Waals surface area (Å²) in [6, 6.07) is 5.71. The summed E-state index contributed by atoms with van der Waals surface area (Å²) < 4.78 is 12.7. The van der Waals surface area contributed by atoms with Crippen molar-refractivity contribution < 1.29 is 9.31 Å². The number of benzene rings is 1. The topological polar surface area (TPSA) is 43.1 Å². The van der Waals surface area contributed by atoms with Gasteiger partial charge in [-0.15, -0.1) is 0 Å². The van der Waals surface area contributed by atoms with Crippen LogP contribution in [0, 0.1) is 15.9 Å². The molecule has 0 atom stereocenters. The summed E-state index contributed by atoms with van der Waals surface area (Å²) in [6.45, 7) is 1.69. The molecule has 0 aliphatic carbocycles. The molecule has 0 N–H and O–H groups in total. The maximum Gasteiger partial charge on any atom is 0.246 e. The van der Waals surface area contributed by atoms with E-state index in [0.29, 0.717) is 12.0 Å². The Morgan fingerprint density at radius 2 is 2.36 bits per heavy atom. The van der Waals surface area contributed by atoms with Gasteiger partial charge in [0.05, 0.1) is 4.92 Å². The quantitative estimate of drug-likeness (QED) is 0.549. The van der Waals surface area contributed by atoms with E-state index in [1.807, 2.05) is 0 Å². The van der Waals surface area contributed by atoms with Crippen molar-refractivity contribution in [2.45, 2.75) is 13.3 Å². The summed E-state index contributed by atoms with van der Waals surface area (Å²) in [5.41, 5.74) is 0.592. The van der Waals surface area contributed by atoms with Crippen molar-refractivity contribution in [3.8, 4) is 0 Å². The van der Waals surface area contributed by atoms with Crippen LogP contribution in [0.15, 0.2) is 30.0 Å². The lowest BCUT2D eigenvalue weighted by molar-refractivity contribution is -0.425. The molecule has 0 radical (unpaired) electrons. The van der Waals surface area contributed by atoms with Gasteiger partial charge in [0.25, 0.3) is 0 Å². The standard InChI is InChI=1S/C10H10FNO2/c1-2-10(12(13)14)7-8-4-3-5-9(11)6-8/h3-7H,2H2,1H3. The molecule has 3 nitrogen and oxygen atoms in total.